The minimum Gasteiger partial charge on any atom is -0.478 e. The molecular formula is C14H10FNO4. The molecule has 0 saturated carbocycles. The molecule has 20 heavy (non-hydrogen) atoms. The Bertz CT molecular complexity index is 685. The van der Waals surface area contributed by atoms with E-state index in [0.29, 0.717) is 0 Å². The van der Waals surface area contributed by atoms with Crippen LogP contribution in [0.5, 0.6) is 0 Å². The van der Waals surface area contributed by atoms with E-state index in [1.54, 1.807) is 6.07 Å². The highest BCUT2D eigenvalue weighted by atomic mass is 19.1. The minimum atomic E-state index is -1.31. The van der Waals surface area contributed by atoms with Gasteiger partial charge in [-0.1, -0.05) is 18.2 Å². The highest BCUT2D eigenvalue weighted by Gasteiger charge is 2.17. The summed E-state index contributed by atoms with van der Waals surface area (Å²) in [4.78, 5) is 22.1. The van der Waals surface area contributed by atoms with Crippen LogP contribution >= 0.6 is 0 Å². The molecule has 0 heterocycles. The van der Waals surface area contributed by atoms with Gasteiger partial charge in [-0.2, -0.15) is 0 Å². The van der Waals surface area contributed by atoms with E-state index >= 15 is 0 Å². The highest BCUT2D eigenvalue weighted by Crippen LogP contribution is 2.26. The Hall–Kier alpha value is -2.89. The first-order valence-electron chi connectivity index (χ1n) is 5.62. The van der Waals surface area contributed by atoms with Gasteiger partial charge in [-0.15, -0.1) is 0 Å². The van der Waals surface area contributed by atoms with Crippen LogP contribution in [0.2, 0.25) is 0 Å². The van der Waals surface area contributed by atoms with Gasteiger partial charge in [0.2, 0.25) is 0 Å². The molecule has 0 amide bonds. The molecule has 0 bridgehead atoms. The number of hydrogen-bond acceptors (Lipinski definition) is 3. The van der Waals surface area contributed by atoms with Crippen molar-refractivity contribution in [3.63, 3.8) is 0 Å². The minimum absolute atomic E-state index is 0.0768. The molecule has 102 valence electrons. The van der Waals surface area contributed by atoms with Gasteiger partial charge in [0.05, 0.1) is 22.5 Å². The summed E-state index contributed by atoms with van der Waals surface area (Å²) in [6.45, 7) is 0. The molecule has 5 nitrogen and oxygen atoms in total. The normalized spacial score (nSPS) is 10.1. The summed E-state index contributed by atoms with van der Waals surface area (Å²) < 4.78 is 13.8. The second-order valence-corrected chi connectivity index (χ2v) is 3.94. The summed E-state index contributed by atoms with van der Waals surface area (Å²) in [7, 11) is 0. The molecule has 0 atom stereocenters. The third-order valence-corrected chi connectivity index (χ3v) is 2.66. The molecule has 2 aromatic carbocycles. The summed E-state index contributed by atoms with van der Waals surface area (Å²) in [5.74, 6) is -3.27. The number of halogens is 1. The van der Waals surface area contributed by atoms with E-state index in [-0.39, 0.29) is 22.5 Å². The van der Waals surface area contributed by atoms with E-state index in [0.717, 1.165) is 6.07 Å². The van der Waals surface area contributed by atoms with Gasteiger partial charge < -0.3 is 15.5 Å². The van der Waals surface area contributed by atoms with E-state index in [1.807, 2.05) is 0 Å². The average Bonchev–Trinajstić information content (AvgIpc) is 2.41. The number of carbonyl (C=O) groups is 2. The second-order valence-electron chi connectivity index (χ2n) is 3.94. The third kappa shape index (κ3) is 2.59. The number of nitrogens with one attached hydrogen (secondary N) is 1. The van der Waals surface area contributed by atoms with Gasteiger partial charge in [0.25, 0.3) is 0 Å². The number of anilines is 2. The molecule has 0 spiro atoms. The van der Waals surface area contributed by atoms with Crippen LogP contribution in [-0.4, -0.2) is 22.2 Å². The number of para-hydroxylation sites is 2. The molecular weight excluding hydrogens is 265 g/mol. The molecule has 0 aliphatic rings. The smallest absolute Gasteiger partial charge is 0.337 e. The van der Waals surface area contributed by atoms with Crippen molar-refractivity contribution in [1.82, 2.24) is 0 Å². The number of carboxylic acids is 2. The second kappa shape index (κ2) is 5.40. The Morgan fingerprint density at radius 2 is 1.50 bits per heavy atom. The van der Waals surface area contributed by atoms with Crippen molar-refractivity contribution in [2.45, 2.75) is 0 Å². The first-order valence-corrected chi connectivity index (χ1v) is 5.62. The van der Waals surface area contributed by atoms with Crippen molar-refractivity contribution in [3.8, 4) is 0 Å². The van der Waals surface area contributed by atoms with Crippen molar-refractivity contribution in [1.29, 1.82) is 0 Å². The largest absolute Gasteiger partial charge is 0.478 e. The van der Waals surface area contributed by atoms with Crippen molar-refractivity contribution < 1.29 is 24.2 Å². The standard InChI is InChI=1S/C14H10FNO4/c15-10-6-3-5-9(14(19)20)12(10)16-11-7-2-1-4-8(11)13(17)18/h1-7,16H,(H,17,18)(H,19,20). The molecule has 0 aliphatic heterocycles. The van der Waals surface area contributed by atoms with E-state index in [2.05, 4.69) is 5.32 Å². The first kappa shape index (κ1) is 13.5. The molecule has 0 aliphatic carbocycles. The predicted molar refractivity (Wildman–Crippen MR) is 70.0 cm³/mol. The molecule has 0 radical (unpaired) electrons. The molecule has 0 fully saturated rings. The third-order valence-electron chi connectivity index (χ3n) is 2.66. The first-order chi connectivity index (χ1) is 9.50. The van der Waals surface area contributed by atoms with Crippen LogP contribution in [0.1, 0.15) is 20.7 Å². The fraction of sp³-hybridized carbons (Fsp3) is 0. The Balaban J connectivity index is 2.51. The monoisotopic (exact) mass is 275 g/mol. The quantitative estimate of drug-likeness (QED) is 0.798. The number of aromatic carboxylic acids is 2. The van der Waals surface area contributed by atoms with Gasteiger partial charge in [0, 0.05) is 0 Å². The lowest BCUT2D eigenvalue weighted by Gasteiger charge is -2.12. The highest BCUT2D eigenvalue weighted by molar-refractivity contribution is 5.98. The fourth-order valence-corrected chi connectivity index (χ4v) is 1.74. The van der Waals surface area contributed by atoms with Gasteiger partial charge in [-0.3, -0.25) is 0 Å². The summed E-state index contributed by atoms with van der Waals surface area (Å²) in [5, 5.41) is 20.6. The van der Waals surface area contributed by atoms with E-state index in [1.165, 1.54) is 30.3 Å². The zero-order valence-corrected chi connectivity index (χ0v) is 10.1. The topological polar surface area (TPSA) is 86.6 Å². The van der Waals surface area contributed by atoms with Crippen molar-refractivity contribution in [2.75, 3.05) is 5.32 Å². The maximum absolute atomic E-state index is 13.8. The molecule has 6 heteroatoms. The van der Waals surface area contributed by atoms with Crippen LogP contribution in [-0.2, 0) is 0 Å². The molecule has 3 N–H and O–H groups in total. The van der Waals surface area contributed by atoms with Crippen LogP contribution in [0, 0.1) is 5.82 Å². The maximum Gasteiger partial charge on any atom is 0.337 e. The summed E-state index contributed by atoms with van der Waals surface area (Å²) in [6.07, 6.45) is 0. The SMILES string of the molecule is O=C(O)c1ccccc1Nc1c(F)cccc1C(=O)O. The number of rotatable bonds is 4. The lowest BCUT2D eigenvalue weighted by Crippen LogP contribution is -2.08. The summed E-state index contributed by atoms with van der Waals surface area (Å²) in [6, 6.07) is 9.46. The fourth-order valence-electron chi connectivity index (χ4n) is 1.74. The molecule has 0 saturated heterocycles. The lowest BCUT2D eigenvalue weighted by molar-refractivity contribution is 0.0687. The zero-order chi connectivity index (χ0) is 14.7. The van der Waals surface area contributed by atoms with E-state index in [4.69, 9.17) is 10.2 Å². The summed E-state index contributed by atoms with van der Waals surface area (Å²) >= 11 is 0. The van der Waals surface area contributed by atoms with Gasteiger partial charge in [0.15, 0.2) is 0 Å². The van der Waals surface area contributed by atoms with E-state index < -0.39 is 17.8 Å². The van der Waals surface area contributed by atoms with Crippen molar-refractivity contribution >= 4 is 23.3 Å². The van der Waals surface area contributed by atoms with Crippen LogP contribution in [0.3, 0.4) is 0 Å². The van der Waals surface area contributed by atoms with Crippen molar-refractivity contribution in [2.24, 2.45) is 0 Å². The molecule has 2 rings (SSSR count). The van der Waals surface area contributed by atoms with E-state index in [9.17, 15) is 14.0 Å². The molecule has 0 unspecified atom stereocenters. The van der Waals surface area contributed by atoms with Crippen LogP contribution in [0.25, 0.3) is 0 Å². The average molecular weight is 275 g/mol. The molecule has 0 aromatic heterocycles. The zero-order valence-electron chi connectivity index (χ0n) is 10.1. The molecule has 2 aromatic rings. The van der Waals surface area contributed by atoms with Gasteiger partial charge in [0.1, 0.15) is 5.82 Å². The van der Waals surface area contributed by atoms with Crippen LogP contribution < -0.4 is 5.32 Å². The maximum atomic E-state index is 13.8. The lowest BCUT2D eigenvalue weighted by atomic mass is 10.1. The van der Waals surface area contributed by atoms with Crippen LogP contribution in [0.15, 0.2) is 42.5 Å². The van der Waals surface area contributed by atoms with Gasteiger partial charge in [-0.05, 0) is 24.3 Å². The van der Waals surface area contributed by atoms with Gasteiger partial charge >= 0.3 is 11.9 Å². The van der Waals surface area contributed by atoms with Crippen LogP contribution in [0.4, 0.5) is 15.8 Å². The van der Waals surface area contributed by atoms with Gasteiger partial charge in [-0.25, -0.2) is 14.0 Å². The van der Waals surface area contributed by atoms with Crippen molar-refractivity contribution in [3.05, 3.63) is 59.4 Å². The predicted octanol–water partition coefficient (Wildman–Crippen LogP) is 2.97. The number of carboxylic acid groups (broad SMARTS) is 2. The summed E-state index contributed by atoms with van der Waals surface area (Å²) in [5.41, 5.74) is -0.501. The Kier molecular flexibility index (Phi) is 3.65. The Morgan fingerprint density at radius 3 is 2.15 bits per heavy atom. The number of benzene rings is 2. The Morgan fingerprint density at radius 1 is 0.900 bits per heavy atom. The number of hydrogen-bond donors (Lipinski definition) is 3. The Labute approximate surface area is 113 Å².